The number of hydrogen-bond donors (Lipinski definition) is 4. The maximum absolute atomic E-state index is 14.8. The number of amidine groups is 1. The van der Waals surface area contributed by atoms with Gasteiger partial charge in [0.25, 0.3) is 11.8 Å². The Bertz CT molecular complexity index is 1350. The van der Waals surface area contributed by atoms with E-state index in [1.807, 2.05) is 0 Å². The lowest BCUT2D eigenvalue weighted by Gasteiger charge is -2.29. The molecule has 2 aromatic rings. The van der Waals surface area contributed by atoms with Crippen molar-refractivity contribution in [1.82, 2.24) is 15.1 Å². The summed E-state index contributed by atoms with van der Waals surface area (Å²) in [6.07, 6.45) is 6.02. The van der Waals surface area contributed by atoms with Gasteiger partial charge in [-0.1, -0.05) is 18.7 Å². The van der Waals surface area contributed by atoms with E-state index in [0.717, 1.165) is 6.34 Å². The van der Waals surface area contributed by atoms with Crippen molar-refractivity contribution in [2.24, 2.45) is 0 Å². The fourth-order valence-corrected chi connectivity index (χ4v) is 4.05. The van der Waals surface area contributed by atoms with Gasteiger partial charge in [0.15, 0.2) is 0 Å². The maximum atomic E-state index is 14.8. The Balaban J connectivity index is 1.67. The van der Waals surface area contributed by atoms with Crippen molar-refractivity contribution in [2.75, 3.05) is 13.2 Å². The molecule has 0 bridgehead atoms. The van der Waals surface area contributed by atoms with Crippen LogP contribution in [0.25, 0.3) is 0 Å². The van der Waals surface area contributed by atoms with Crippen molar-refractivity contribution in [3.8, 4) is 0 Å². The average Bonchev–Trinajstić information content (AvgIpc) is 2.92. The molecule has 1 aliphatic rings. The van der Waals surface area contributed by atoms with Crippen LogP contribution in [-0.2, 0) is 13.0 Å². The molecule has 3 rings (SSSR count). The molecule has 0 aromatic heterocycles. The zero-order valence-corrected chi connectivity index (χ0v) is 21.8. The molecule has 0 spiro atoms. The number of nitrogens with one attached hydrogen (secondary N) is 3. The highest BCUT2D eigenvalue weighted by Crippen LogP contribution is 2.24. The van der Waals surface area contributed by atoms with Gasteiger partial charge < -0.3 is 20.2 Å². The number of hydrogen-bond acceptors (Lipinski definition) is 5. The van der Waals surface area contributed by atoms with Crippen molar-refractivity contribution in [1.29, 1.82) is 10.8 Å². The topological polar surface area (TPSA) is 121 Å². The standard InChI is InChI=1S/C29H31F2N5O3/c1-18(27(33)36(17-32)20(3)16-37)5-4-6-19(2)34-28(38)25-13-23-15-35(12-11-22(23)14-26(25)31)29(39)21-7-9-24(30)10-8-21/h4-10,13-14,17,20,32-33,37H,2,11-12,15-16H2,1,3H3,(H,34,38)/b6-4-,18-5+,32-17?,33-27?. The summed E-state index contributed by atoms with van der Waals surface area (Å²) in [5.41, 5.74) is 2.21. The quantitative estimate of drug-likeness (QED) is 0.219. The summed E-state index contributed by atoms with van der Waals surface area (Å²) in [5.74, 6) is -2.07. The first-order valence-corrected chi connectivity index (χ1v) is 12.3. The van der Waals surface area contributed by atoms with Gasteiger partial charge in [0, 0.05) is 24.4 Å². The zero-order valence-electron chi connectivity index (χ0n) is 21.8. The molecular formula is C29H31F2N5O3. The Hall–Kier alpha value is -4.44. The third kappa shape index (κ3) is 7.11. The van der Waals surface area contributed by atoms with Crippen LogP contribution in [0.15, 0.2) is 72.5 Å². The van der Waals surface area contributed by atoms with Gasteiger partial charge in [0.1, 0.15) is 17.5 Å². The molecule has 1 unspecified atom stereocenters. The normalized spacial score (nSPS) is 14.0. The van der Waals surface area contributed by atoms with E-state index in [-0.39, 0.29) is 36.2 Å². The molecule has 0 fully saturated rings. The number of allylic oxidation sites excluding steroid dienone is 3. The number of benzene rings is 2. The first-order chi connectivity index (χ1) is 18.5. The second-order valence-corrected chi connectivity index (χ2v) is 9.19. The minimum atomic E-state index is -0.702. The lowest BCUT2D eigenvalue weighted by atomic mass is 9.96. The molecule has 204 valence electrons. The summed E-state index contributed by atoms with van der Waals surface area (Å²) >= 11 is 0. The van der Waals surface area contributed by atoms with Gasteiger partial charge in [0.2, 0.25) is 0 Å². The van der Waals surface area contributed by atoms with E-state index in [0.29, 0.717) is 35.2 Å². The predicted molar refractivity (Wildman–Crippen MR) is 146 cm³/mol. The molecule has 2 amide bonds. The van der Waals surface area contributed by atoms with Crippen LogP contribution in [0.1, 0.15) is 45.7 Å². The molecule has 0 radical (unpaired) electrons. The second kappa shape index (κ2) is 12.9. The molecule has 0 saturated carbocycles. The lowest BCUT2D eigenvalue weighted by molar-refractivity contribution is 0.0734. The van der Waals surface area contributed by atoms with Crippen molar-refractivity contribution in [3.63, 3.8) is 0 Å². The summed E-state index contributed by atoms with van der Waals surface area (Å²) < 4.78 is 28.0. The Morgan fingerprint density at radius 1 is 1.23 bits per heavy atom. The average molecular weight is 536 g/mol. The van der Waals surface area contributed by atoms with Gasteiger partial charge in [-0.25, -0.2) is 8.78 Å². The summed E-state index contributed by atoms with van der Waals surface area (Å²) in [5, 5.41) is 27.5. The molecule has 4 N–H and O–H groups in total. The molecule has 39 heavy (non-hydrogen) atoms. The van der Waals surface area contributed by atoms with Gasteiger partial charge in [-0.3, -0.25) is 20.4 Å². The van der Waals surface area contributed by atoms with E-state index in [9.17, 15) is 23.5 Å². The summed E-state index contributed by atoms with van der Waals surface area (Å²) in [4.78, 5) is 28.5. The Morgan fingerprint density at radius 2 is 1.92 bits per heavy atom. The number of halogens is 2. The van der Waals surface area contributed by atoms with E-state index in [2.05, 4.69) is 11.9 Å². The SMILES string of the molecule is C=C(/C=C\C=C(/C)C(=N)N(C=N)C(C)CO)NC(=O)c1cc2c(cc1F)CCN(C(=O)c1ccc(F)cc1)C2. The smallest absolute Gasteiger partial charge is 0.258 e. The molecule has 0 saturated heterocycles. The number of aliphatic hydroxyl groups excluding tert-OH is 1. The molecule has 1 heterocycles. The fourth-order valence-electron chi connectivity index (χ4n) is 4.05. The van der Waals surface area contributed by atoms with Gasteiger partial charge >= 0.3 is 0 Å². The van der Waals surface area contributed by atoms with Crippen molar-refractivity contribution >= 4 is 24.0 Å². The van der Waals surface area contributed by atoms with Gasteiger partial charge in [-0.2, -0.15) is 0 Å². The van der Waals surface area contributed by atoms with Crippen LogP contribution in [-0.4, -0.2) is 58.1 Å². The number of carbonyl (C=O) groups is 2. The number of fused-ring (bicyclic) bond motifs is 1. The number of aliphatic hydroxyl groups is 1. The number of carbonyl (C=O) groups excluding carboxylic acids is 2. The molecular weight excluding hydrogens is 504 g/mol. The van der Waals surface area contributed by atoms with Crippen LogP contribution < -0.4 is 5.32 Å². The highest BCUT2D eigenvalue weighted by molar-refractivity contribution is 6.01. The fraction of sp³-hybridized carbons (Fsp3) is 0.241. The summed E-state index contributed by atoms with van der Waals surface area (Å²) in [6, 6.07) is 7.56. The molecule has 1 atom stereocenters. The van der Waals surface area contributed by atoms with Gasteiger partial charge in [-0.15, -0.1) is 0 Å². The monoisotopic (exact) mass is 535 g/mol. The Morgan fingerprint density at radius 3 is 2.56 bits per heavy atom. The molecule has 0 aliphatic carbocycles. The van der Waals surface area contributed by atoms with Crippen molar-refractivity contribution in [3.05, 3.63) is 106 Å². The second-order valence-electron chi connectivity index (χ2n) is 9.19. The molecule has 2 aromatic carbocycles. The first kappa shape index (κ1) is 29.1. The van der Waals surface area contributed by atoms with Crippen molar-refractivity contribution < 1.29 is 23.5 Å². The molecule has 8 nitrogen and oxygen atoms in total. The number of amides is 2. The minimum absolute atomic E-state index is 0.0360. The highest BCUT2D eigenvalue weighted by Gasteiger charge is 2.25. The first-order valence-electron chi connectivity index (χ1n) is 12.3. The third-order valence-corrected chi connectivity index (χ3v) is 6.35. The molecule has 10 heteroatoms. The zero-order chi connectivity index (χ0) is 28.7. The van der Waals surface area contributed by atoms with Gasteiger partial charge in [0.05, 0.1) is 24.6 Å². The highest BCUT2D eigenvalue weighted by atomic mass is 19.1. The van der Waals surface area contributed by atoms with Crippen LogP contribution >= 0.6 is 0 Å². The van der Waals surface area contributed by atoms with Crippen LogP contribution in [0.2, 0.25) is 0 Å². The Labute approximate surface area is 226 Å². The summed E-state index contributed by atoms with van der Waals surface area (Å²) in [6.45, 7) is 7.45. The maximum Gasteiger partial charge on any atom is 0.258 e. The summed E-state index contributed by atoms with van der Waals surface area (Å²) in [7, 11) is 0. The van der Waals surface area contributed by atoms with E-state index >= 15 is 0 Å². The van der Waals surface area contributed by atoms with E-state index in [1.165, 1.54) is 47.4 Å². The Kier molecular flexibility index (Phi) is 9.62. The minimum Gasteiger partial charge on any atom is -0.394 e. The van der Waals surface area contributed by atoms with Gasteiger partial charge in [-0.05, 0) is 79.4 Å². The number of rotatable bonds is 9. The lowest BCUT2D eigenvalue weighted by Crippen LogP contribution is -2.39. The van der Waals surface area contributed by atoms with E-state index in [1.54, 1.807) is 30.9 Å². The predicted octanol–water partition coefficient (Wildman–Crippen LogP) is 4.18. The van der Waals surface area contributed by atoms with Crippen LogP contribution in [0, 0.1) is 22.5 Å². The largest absolute Gasteiger partial charge is 0.394 e. The van der Waals surface area contributed by atoms with Crippen LogP contribution in [0.4, 0.5) is 8.78 Å². The van der Waals surface area contributed by atoms with Crippen molar-refractivity contribution in [2.45, 2.75) is 32.9 Å². The third-order valence-electron chi connectivity index (χ3n) is 6.35. The molecule has 1 aliphatic heterocycles. The van der Waals surface area contributed by atoms with E-state index in [4.69, 9.17) is 10.8 Å². The number of nitrogens with zero attached hydrogens (tertiary/aromatic N) is 2. The van der Waals surface area contributed by atoms with Crippen LogP contribution in [0.5, 0.6) is 0 Å². The van der Waals surface area contributed by atoms with E-state index < -0.39 is 23.6 Å². The van der Waals surface area contributed by atoms with Crippen LogP contribution in [0.3, 0.4) is 0 Å².